The first-order chi connectivity index (χ1) is 15.2. The number of pyridine rings is 1. The van der Waals surface area contributed by atoms with Crippen molar-refractivity contribution in [1.82, 2.24) is 20.0 Å². The number of allylic oxidation sites excluding steroid dienone is 1. The number of nitrogens with zero attached hydrogens (tertiary/aromatic N) is 5. The van der Waals surface area contributed by atoms with Gasteiger partial charge in [0.2, 0.25) is 0 Å². The molecule has 11 nitrogen and oxygen atoms in total. The Morgan fingerprint density at radius 3 is 2.52 bits per heavy atom. The van der Waals surface area contributed by atoms with E-state index in [0.717, 1.165) is 12.3 Å². The fourth-order valence-electron chi connectivity index (χ4n) is 2.85. The standard InChI is InChI=1S/C16H16F5N9O2S/c1-3-33(31,32)9-4-7(12(22)27-29-23)6-24-11(9)14-25-8-5-10(15(17,18)16(19,20)21)26-28-13(8)30(14)2/h4-6,26,28H,3H2,1-2H3,(H3,22,23,27). The van der Waals surface area contributed by atoms with Crippen LogP contribution in [0.5, 0.6) is 0 Å². The Morgan fingerprint density at radius 1 is 1.27 bits per heavy atom. The molecular formula is C16H16F5N9O2S. The molecule has 178 valence electrons. The molecule has 5 N–H and O–H groups in total. The topological polar surface area (TPSA) is 164 Å². The van der Waals surface area contributed by atoms with Crippen LogP contribution in [0.3, 0.4) is 0 Å². The Bertz CT molecular complexity index is 1280. The summed E-state index contributed by atoms with van der Waals surface area (Å²) in [5, 5.41) is 14.0. The minimum absolute atomic E-state index is 0.0119. The number of halogens is 5. The molecule has 17 heteroatoms. The molecular weight excluding hydrogens is 477 g/mol. The molecule has 33 heavy (non-hydrogen) atoms. The molecule has 1 aliphatic rings. The van der Waals surface area contributed by atoms with Crippen LogP contribution in [0.25, 0.3) is 17.6 Å². The second kappa shape index (κ2) is 8.05. The second-order valence-electron chi connectivity index (χ2n) is 6.65. The second-order valence-corrected chi connectivity index (χ2v) is 8.89. The predicted octanol–water partition coefficient (Wildman–Crippen LogP) is 2.40. The van der Waals surface area contributed by atoms with Crippen molar-refractivity contribution in [3.8, 4) is 11.5 Å². The number of nitrogens with one attached hydrogen (secondary N) is 3. The summed E-state index contributed by atoms with van der Waals surface area (Å²) in [7, 11) is -2.58. The first-order valence-electron chi connectivity index (χ1n) is 8.93. The van der Waals surface area contributed by atoms with Gasteiger partial charge >= 0.3 is 12.1 Å². The van der Waals surface area contributed by atoms with Crippen LogP contribution in [-0.4, -0.2) is 46.6 Å². The number of alkyl halides is 5. The largest absolute Gasteiger partial charge is 0.459 e. The highest BCUT2D eigenvalue weighted by molar-refractivity contribution is 7.91. The molecule has 0 unspecified atom stereocenters. The third-order valence-corrected chi connectivity index (χ3v) is 6.37. The zero-order valence-corrected chi connectivity index (χ0v) is 17.7. The molecule has 2 aromatic heterocycles. The fourth-order valence-corrected chi connectivity index (χ4v) is 3.91. The number of hydrogen-bond acceptors (Lipinski definition) is 8. The van der Waals surface area contributed by atoms with Gasteiger partial charge < -0.3 is 10.4 Å². The lowest BCUT2D eigenvalue weighted by Gasteiger charge is -2.26. The maximum atomic E-state index is 13.7. The van der Waals surface area contributed by atoms with Gasteiger partial charge in [0, 0.05) is 18.8 Å². The number of rotatable bonds is 5. The van der Waals surface area contributed by atoms with Crippen molar-refractivity contribution in [2.45, 2.75) is 23.9 Å². The van der Waals surface area contributed by atoms with Crippen LogP contribution in [0.1, 0.15) is 18.2 Å². The number of hydrogen-bond donors (Lipinski definition) is 4. The van der Waals surface area contributed by atoms with Gasteiger partial charge in [-0.25, -0.2) is 13.4 Å². The molecule has 0 aliphatic carbocycles. The van der Waals surface area contributed by atoms with Crippen molar-refractivity contribution in [1.29, 1.82) is 5.41 Å². The maximum absolute atomic E-state index is 13.7. The quantitative estimate of drug-likeness (QED) is 0.124. The van der Waals surface area contributed by atoms with Gasteiger partial charge in [0.05, 0.1) is 10.6 Å². The van der Waals surface area contributed by atoms with E-state index in [1.807, 2.05) is 0 Å². The molecule has 0 fully saturated rings. The molecule has 2 aromatic rings. The Labute approximate surface area is 183 Å². The monoisotopic (exact) mass is 493 g/mol. The van der Waals surface area contributed by atoms with Crippen molar-refractivity contribution in [3.63, 3.8) is 0 Å². The van der Waals surface area contributed by atoms with Crippen LogP contribution in [0, 0.1) is 5.41 Å². The summed E-state index contributed by atoms with van der Waals surface area (Å²) in [6, 6.07) is 1.09. The van der Waals surface area contributed by atoms with Crippen molar-refractivity contribution in [2.75, 3.05) is 11.2 Å². The third kappa shape index (κ3) is 4.10. The van der Waals surface area contributed by atoms with Gasteiger partial charge in [0.15, 0.2) is 27.3 Å². The van der Waals surface area contributed by atoms with Crippen LogP contribution in [0.4, 0.5) is 27.8 Å². The van der Waals surface area contributed by atoms with E-state index in [2.05, 4.69) is 25.7 Å². The molecule has 0 saturated heterocycles. The highest BCUT2D eigenvalue weighted by Crippen LogP contribution is 2.42. The predicted molar refractivity (Wildman–Crippen MR) is 106 cm³/mol. The Morgan fingerprint density at radius 2 is 1.94 bits per heavy atom. The van der Waals surface area contributed by atoms with E-state index in [0.29, 0.717) is 6.08 Å². The number of hydrazine groups is 1. The van der Waals surface area contributed by atoms with E-state index in [1.54, 1.807) is 5.43 Å². The minimum atomic E-state index is -5.85. The molecule has 0 bridgehead atoms. The Balaban J connectivity index is 2.19. The lowest BCUT2D eigenvalue weighted by molar-refractivity contribution is -0.265. The maximum Gasteiger partial charge on any atom is 0.459 e. The minimum Gasteiger partial charge on any atom is -0.311 e. The molecule has 3 rings (SSSR count). The number of sulfone groups is 1. The first-order valence-corrected chi connectivity index (χ1v) is 10.6. The normalized spacial score (nSPS) is 14.5. The van der Waals surface area contributed by atoms with Crippen LogP contribution < -0.4 is 16.7 Å². The Hall–Kier alpha value is -3.63. The van der Waals surface area contributed by atoms with Crippen LogP contribution >= 0.6 is 0 Å². The Kier molecular flexibility index (Phi) is 5.86. The van der Waals surface area contributed by atoms with Crippen molar-refractivity contribution >= 4 is 27.6 Å². The van der Waals surface area contributed by atoms with Gasteiger partial charge in [-0.2, -0.15) is 22.0 Å². The average Bonchev–Trinajstić information content (AvgIpc) is 3.08. The van der Waals surface area contributed by atoms with Crippen molar-refractivity contribution in [2.24, 2.45) is 23.2 Å². The summed E-state index contributed by atoms with van der Waals surface area (Å²) in [5.41, 5.74) is 1.97. The number of amidine groups is 1. The van der Waals surface area contributed by atoms with Crippen molar-refractivity contribution in [3.05, 3.63) is 29.2 Å². The highest BCUT2D eigenvalue weighted by atomic mass is 32.2. The molecule has 0 saturated carbocycles. The zero-order valence-electron chi connectivity index (χ0n) is 16.9. The van der Waals surface area contributed by atoms with Crippen LogP contribution in [-0.2, 0) is 16.9 Å². The summed E-state index contributed by atoms with van der Waals surface area (Å²) < 4.78 is 92.2. The molecule has 0 radical (unpaired) electrons. The summed E-state index contributed by atoms with van der Waals surface area (Å²) in [6.07, 6.45) is -4.25. The molecule has 0 amide bonds. The summed E-state index contributed by atoms with van der Waals surface area (Å²) >= 11 is 0. The number of imidazole rings is 1. The molecule has 1 aliphatic heterocycles. The van der Waals surface area contributed by atoms with E-state index in [-0.39, 0.29) is 39.2 Å². The lowest BCUT2D eigenvalue weighted by Crippen LogP contribution is -2.45. The number of nitrogens with two attached hydrogens (primary N) is 1. The third-order valence-electron chi connectivity index (χ3n) is 4.62. The first kappa shape index (κ1) is 24.0. The smallest absolute Gasteiger partial charge is 0.311 e. The molecule has 0 spiro atoms. The van der Waals surface area contributed by atoms with E-state index in [9.17, 15) is 30.4 Å². The van der Waals surface area contributed by atoms with E-state index in [4.69, 9.17) is 11.3 Å². The number of aromatic nitrogens is 3. The fraction of sp³-hybridized carbons (Fsp3) is 0.312. The van der Waals surface area contributed by atoms with Crippen LogP contribution in [0.15, 0.2) is 33.2 Å². The highest BCUT2D eigenvalue weighted by Gasteiger charge is 2.61. The van der Waals surface area contributed by atoms with E-state index < -0.39 is 33.5 Å². The van der Waals surface area contributed by atoms with E-state index >= 15 is 0 Å². The van der Waals surface area contributed by atoms with Crippen molar-refractivity contribution < 1.29 is 30.4 Å². The lowest BCUT2D eigenvalue weighted by atomic mass is 10.2. The SMILES string of the molecule is CCS(=O)(=O)c1cc(C(=N)N=NN)cnc1-c1nc2c(n1C)NNC(C(F)(F)C(F)(F)F)=C2. The van der Waals surface area contributed by atoms with Gasteiger partial charge in [-0.15, -0.1) is 5.11 Å². The van der Waals surface area contributed by atoms with Crippen LogP contribution in [0.2, 0.25) is 0 Å². The zero-order chi connectivity index (χ0) is 24.8. The summed E-state index contributed by atoms with van der Waals surface area (Å²) in [4.78, 5) is 7.70. The molecule has 0 aromatic carbocycles. The average molecular weight is 493 g/mol. The summed E-state index contributed by atoms with van der Waals surface area (Å²) in [6.45, 7) is 1.36. The van der Waals surface area contributed by atoms with Gasteiger partial charge in [0.1, 0.15) is 17.1 Å². The number of fused-ring (bicyclic) bond motifs is 1. The summed E-state index contributed by atoms with van der Waals surface area (Å²) in [5.74, 6) is -1.28. The van der Waals surface area contributed by atoms with Gasteiger partial charge in [-0.1, -0.05) is 12.1 Å². The van der Waals surface area contributed by atoms with E-state index in [1.165, 1.54) is 18.5 Å². The van der Waals surface area contributed by atoms with Gasteiger partial charge in [0.25, 0.3) is 0 Å². The van der Waals surface area contributed by atoms with Gasteiger partial charge in [-0.05, 0) is 12.1 Å². The molecule has 0 atom stereocenters. The molecule has 3 heterocycles. The number of anilines is 1. The van der Waals surface area contributed by atoms with Gasteiger partial charge in [-0.3, -0.25) is 21.2 Å².